The lowest BCUT2D eigenvalue weighted by Gasteiger charge is -2.18. The summed E-state index contributed by atoms with van der Waals surface area (Å²) in [6, 6.07) is 5.28. The zero-order chi connectivity index (χ0) is 14.5. The predicted molar refractivity (Wildman–Crippen MR) is 78.9 cm³/mol. The fourth-order valence-corrected chi connectivity index (χ4v) is 2.87. The molecule has 5 heteroatoms. The number of likely N-dealkylation sites (tertiary alicyclic amines) is 1. The summed E-state index contributed by atoms with van der Waals surface area (Å²) in [4.78, 5) is 14.5. The number of hydrogen-bond acceptors (Lipinski definition) is 3. The highest BCUT2D eigenvalue weighted by molar-refractivity contribution is 6.17. The van der Waals surface area contributed by atoms with E-state index in [4.69, 9.17) is 21.1 Å². The smallest absolute Gasteiger partial charge is 0.257 e. The summed E-state index contributed by atoms with van der Waals surface area (Å²) in [6.45, 7) is 1.55. The van der Waals surface area contributed by atoms with Crippen molar-refractivity contribution in [3.8, 4) is 11.5 Å². The number of halogens is 1. The number of methoxy groups -OCH3 is 2. The second-order valence-corrected chi connectivity index (χ2v) is 5.33. The third kappa shape index (κ3) is 3.18. The summed E-state index contributed by atoms with van der Waals surface area (Å²) < 4.78 is 10.5. The third-order valence-corrected chi connectivity index (χ3v) is 3.95. The summed E-state index contributed by atoms with van der Waals surface area (Å²) >= 11 is 5.77. The second-order valence-electron chi connectivity index (χ2n) is 4.95. The number of benzene rings is 1. The van der Waals surface area contributed by atoms with Gasteiger partial charge in [-0.1, -0.05) is 0 Å². The highest BCUT2D eigenvalue weighted by Gasteiger charge is 2.28. The highest BCUT2D eigenvalue weighted by Crippen LogP contribution is 2.28. The van der Waals surface area contributed by atoms with Crippen LogP contribution in [0.1, 0.15) is 23.2 Å². The first-order valence-electron chi connectivity index (χ1n) is 6.76. The molecule has 0 aliphatic carbocycles. The van der Waals surface area contributed by atoms with Crippen LogP contribution in [0.5, 0.6) is 11.5 Å². The molecule has 0 aromatic heterocycles. The number of ether oxygens (including phenoxy) is 2. The van der Waals surface area contributed by atoms with Crippen molar-refractivity contribution in [1.29, 1.82) is 0 Å². The van der Waals surface area contributed by atoms with Gasteiger partial charge in [-0.15, -0.1) is 11.6 Å². The van der Waals surface area contributed by atoms with Crippen LogP contribution in [0.25, 0.3) is 0 Å². The average Bonchev–Trinajstić information content (AvgIpc) is 2.94. The Hall–Kier alpha value is -1.42. The van der Waals surface area contributed by atoms with Crippen LogP contribution in [0.4, 0.5) is 0 Å². The number of carbonyl (C=O) groups excluding carboxylic acids is 1. The van der Waals surface area contributed by atoms with Gasteiger partial charge >= 0.3 is 0 Å². The molecule has 1 aliphatic rings. The number of amides is 1. The van der Waals surface area contributed by atoms with E-state index < -0.39 is 0 Å². The van der Waals surface area contributed by atoms with Crippen molar-refractivity contribution in [1.82, 2.24) is 4.90 Å². The van der Waals surface area contributed by atoms with Gasteiger partial charge in [0.25, 0.3) is 5.91 Å². The van der Waals surface area contributed by atoms with Gasteiger partial charge in [0.05, 0.1) is 19.8 Å². The van der Waals surface area contributed by atoms with Crippen molar-refractivity contribution in [2.75, 3.05) is 33.2 Å². The molecule has 2 rings (SSSR count). The van der Waals surface area contributed by atoms with Gasteiger partial charge in [-0.25, -0.2) is 0 Å². The quantitative estimate of drug-likeness (QED) is 0.785. The Balaban J connectivity index is 2.16. The summed E-state index contributed by atoms with van der Waals surface area (Å²) in [5.74, 6) is 2.39. The minimum absolute atomic E-state index is 0.00202. The maximum Gasteiger partial charge on any atom is 0.257 e. The molecular weight excluding hydrogens is 278 g/mol. The molecule has 1 amide bonds. The van der Waals surface area contributed by atoms with Crippen LogP contribution in [0.2, 0.25) is 0 Å². The fraction of sp³-hybridized carbons (Fsp3) is 0.533. The molecule has 1 aromatic rings. The molecule has 110 valence electrons. The molecule has 4 nitrogen and oxygen atoms in total. The average molecular weight is 298 g/mol. The Morgan fingerprint density at radius 3 is 2.85 bits per heavy atom. The van der Waals surface area contributed by atoms with Gasteiger partial charge in [0, 0.05) is 19.0 Å². The van der Waals surface area contributed by atoms with Gasteiger partial charge < -0.3 is 14.4 Å². The molecule has 0 saturated carbocycles. The Kier molecular flexibility index (Phi) is 5.12. The molecule has 0 N–H and O–H groups in total. The SMILES string of the molecule is COc1ccc(OC)c(C(=O)N2CCC(CCCl)C2)c1. The molecule has 1 aromatic carbocycles. The zero-order valence-corrected chi connectivity index (χ0v) is 12.7. The summed E-state index contributed by atoms with van der Waals surface area (Å²) in [5, 5.41) is 0. The van der Waals surface area contributed by atoms with E-state index in [2.05, 4.69) is 0 Å². The Bertz CT molecular complexity index is 478. The van der Waals surface area contributed by atoms with Crippen LogP contribution in [-0.4, -0.2) is 44.0 Å². The first-order chi connectivity index (χ1) is 9.69. The molecule has 0 spiro atoms. The maximum atomic E-state index is 12.6. The molecule has 1 aliphatic heterocycles. The van der Waals surface area contributed by atoms with Crippen LogP contribution in [0.3, 0.4) is 0 Å². The van der Waals surface area contributed by atoms with E-state index in [9.17, 15) is 4.79 Å². The van der Waals surface area contributed by atoms with E-state index in [0.29, 0.717) is 28.9 Å². The number of nitrogens with zero attached hydrogens (tertiary/aromatic N) is 1. The fourth-order valence-electron chi connectivity index (χ4n) is 2.56. The maximum absolute atomic E-state index is 12.6. The molecule has 1 saturated heterocycles. The van der Waals surface area contributed by atoms with Gasteiger partial charge in [-0.2, -0.15) is 0 Å². The molecule has 1 atom stereocenters. The topological polar surface area (TPSA) is 38.8 Å². The number of rotatable bonds is 5. The number of alkyl halides is 1. The Morgan fingerprint density at radius 1 is 1.40 bits per heavy atom. The van der Waals surface area contributed by atoms with Crippen molar-refractivity contribution in [2.24, 2.45) is 5.92 Å². The monoisotopic (exact) mass is 297 g/mol. The third-order valence-electron chi connectivity index (χ3n) is 3.73. The van der Waals surface area contributed by atoms with Crippen LogP contribution in [0.15, 0.2) is 18.2 Å². The highest BCUT2D eigenvalue weighted by atomic mass is 35.5. The molecule has 0 bridgehead atoms. The van der Waals surface area contributed by atoms with Crippen LogP contribution in [0, 0.1) is 5.92 Å². The normalized spacial score (nSPS) is 18.1. The van der Waals surface area contributed by atoms with Crippen LogP contribution >= 0.6 is 11.6 Å². The van der Waals surface area contributed by atoms with Gasteiger partial charge in [0.1, 0.15) is 11.5 Å². The van der Waals surface area contributed by atoms with E-state index in [0.717, 1.165) is 25.9 Å². The van der Waals surface area contributed by atoms with Crippen molar-refractivity contribution in [2.45, 2.75) is 12.8 Å². The van der Waals surface area contributed by atoms with Gasteiger partial charge in [-0.05, 0) is 37.0 Å². The molecule has 1 fully saturated rings. The summed E-state index contributed by atoms with van der Waals surface area (Å²) in [7, 11) is 3.15. The lowest BCUT2D eigenvalue weighted by Crippen LogP contribution is -2.29. The number of hydrogen-bond donors (Lipinski definition) is 0. The second kappa shape index (κ2) is 6.84. The first kappa shape index (κ1) is 15.0. The summed E-state index contributed by atoms with van der Waals surface area (Å²) in [6.07, 6.45) is 1.98. The minimum Gasteiger partial charge on any atom is -0.497 e. The first-order valence-corrected chi connectivity index (χ1v) is 7.30. The van der Waals surface area contributed by atoms with E-state index in [1.165, 1.54) is 0 Å². The van der Waals surface area contributed by atoms with E-state index >= 15 is 0 Å². The van der Waals surface area contributed by atoms with Gasteiger partial charge in [0.15, 0.2) is 0 Å². The van der Waals surface area contributed by atoms with Crippen molar-refractivity contribution < 1.29 is 14.3 Å². The van der Waals surface area contributed by atoms with Crippen molar-refractivity contribution in [3.05, 3.63) is 23.8 Å². The lowest BCUT2D eigenvalue weighted by molar-refractivity contribution is 0.0783. The predicted octanol–water partition coefficient (Wildman–Crippen LogP) is 2.79. The van der Waals surface area contributed by atoms with Crippen molar-refractivity contribution >= 4 is 17.5 Å². The Morgan fingerprint density at radius 2 is 2.20 bits per heavy atom. The van der Waals surface area contributed by atoms with E-state index in [1.807, 2.05) is 4.90 Å². The number of carbonyl (C=O) groups is 1. The molecule has 20 heavy (non-hydrogen) atoms. The van der Waals surface area contributed by atoms with Crippen LogP contribution < -0.4 is 9.47 Å². The van der Waals surface area contributed by atoms with E-state index in [1.54, 1.807) is 32.4 Å². The van der Waals surface area contributed by atoms with E-state index in [-0.39, 0.29) is 5.91 Å². The minimum atomic E-state index is -0.00202. The zero-order valence-electron chi connectivity index (χ0n) is 11.9. The van der Waals surface area contributed by atoms with Crippen LogP contribution in [-0.2, 0) is 0 Å². The summed E-state index contributed by atoms with van der Waals surface area (Å²) in [5.41, 5.74) is 0.554. The van der Waals surface area contributed by atoms with Crippen molar-refractivity contribution in [3.63, 3.8) is 0 Å². The standard InChI is InChI=1S/C15H20ClNO3/c1-19-12-3-4-14(20-2)13(9-12)15(18)17-8-6-11(10-17)5-7-16/h3-4,9,11H,5-8,10H2,1-2H3. The largest absolute Gasteiger partial charge is 0.497 e. The molecule has 1 heterocycles. The molecule has 1 unspecified atom stereocenters. The Labute approximate surface area is 124 Å². The van der Waals surface area contributed by atoms with Gasteiger partial charge in [-0.3, -0.25) is 4.79 Å². The molecular formula is C15H20ClNO3. The molecule has 0 radical (unpaired) electrons. The lowest BCUT2D eigenvalue weighted by atomic mass is 10.1. The van der Waals surface area contributed by atoms with Gasteiger partial charge in [0.2, 0.25) is 0 Å².